The zero-order valence-electron chi connectivity index (χ0n) is 7.37. The van der Waals surface area contributed by atoms with Gasteiger partial charge in [-0.2, -0.15) is 10.5 Å². The molecule has 0 aliphatic carbocycles. The second kappa shape index (κ2) is 4.68. The summed E-state index contributed by atoms with van der Waals surface area (Å²) in [5.74, 6) is -2.68. The second-order valence-electron chi connectivity index (χ2n) is 2.71. The van der Waals surface area contributed by atoms with Crippen molar-refractivity contribution in [2.24, 2.45) is 5.92 Å². The number of halogens is 2. The highest BCUT2D eigenvalue weighted by atomic mass is 79.9. The molecule has 0 heterocycles. The first kappa shape index (κ1) is 11.4. The van der Waals surface area contributed by atoms with E-state index in [1.165, 1.54) is 12.1 Å². The number of Topliss-reactive ketones (excluding diaryl/α,β-unsaturated/α-hetero) is 1. The summed E-state index contributed by atoms with van der Waals surface area (Å²) in [6.45, 7) is 0. The molecule has 0 aromatic heterocycles. The Balaban J connectivity index is 3.14. The van der Waals surface area contributed by atoms with Crippen LogP contribution in [-0.4, -0.2) is 5.78 Å². The molecule has 0 radical (unpaired) electrons. The van der Waals surface area contributed by atoms with Crippen LogP contribution in [0.15, 0.2) is 22.7 Å². The Bertz CT molecular complexity index is 453. The quantitative estimate of drug-likeness (QED) is 0.773. The Morgan fingerprint density at radius 2 is 1.93 bits per heavy atom. The van der Waals surface area contributed by atoms with Gasteiger partial charge in [0.25, 0.3) is 0 Å². The van der Waals surface area contributed by atoms with Crippen LogP contribution in [0.4, 0.5) is 4.39 Å². The van der Waals surface area contributed by atoms with Gasteiger partial charge in [-0.15, -0.1) is 0 Å². The summed E-state index contributed by atoms with van der Waals surface area (Å²) < 4.78 is 13.3. The summed E-state index contributed by atoms with van der Waals surface area (Å²) in [5, 5.41) is 17.0. The third kappa shape index (κ3) is 2.61. The van der Waals surface area contributed by atoms with Gasteiger partial charge in [-0.3, -0.25) is 4.79 Å². The van der Waals surface area contributed by atoms with Crippen molar-refractivity contribution in [3.05, 3.63) is 34.1 Å². The van der Waals surface area contributed by atoms with Crippen molar-refractivity contribution in [2.75, 3.05) is 0 Å². The maximum Gasteiger partial charge on any atom is 0.195 e. The van der Waals surface area contributed by atoms with Crippen LogP contribution in [0.5, 0.6) is 0 Å². The molecule has 0 saturated heterocycles. The van der Waals surface area contributed by atoms with Gasteiger partial charge in [-0.1, -0.05) is 15.9 Å². The standard InChI is InChI=1S/C10H4BrFN2O/c11-8-1-6(2-9(12)3-8)10(15)7(4-13)5-14/h1-3,7H. The maximum absolute atomic E-state index is 12.9. The molecule has 15 heavy (non-hydrogen) atoms. The van der Waals surface area contributed by atoms with Gasteiger partial charge in [0, 0.05) is 10.0 Å². The highest BCUT2D eigenvalue weighted by molar-refractivity contribution is 9.10. The molecule has 74 valence electrons. The van der Waals surface area contributed by atoms with E-state index in [4.69, 9.17) is 10.5 Å². The Hall–Kier alpha value is -1.72. The molecular weight excluding hydrogens is 263 g/mol. The molecule has 3 nitrogen and oxygen atoms in total. The van der Waals surface area contributed by atoms with Gasteiger partial charge in [-0.05, 0) is 18.2 Å². The SMILES string of the molecule is N#CC(C#N)C(=O)c1cc(F)cc(Br)c1. The molecular formula is C10H4BrFN2O. The predicted octanol–water partition coefficient (Wildman–Crippen LogP) is 2.43. The summed E-state index contributed by atoms with van der Waals surface area (Å²) in [6, 6.07) is 6.63. The van der Waals surface area contributed by atoms with Gasteiger partial charge >= 0.3 is 0 Å². The molecule has 0 bridgehead atoms. The molecule has 0 fully saturated rings. The number of carbonyl (C=O) groups is 1. The Labute approximate surface area is 93.9 Å². The summed E-state index contributed by atoms with van der Waals surface area (Å²) >= 11 is 3.02. The van der Waals surface area contributed by atoms with E-state index in [9.17, 15) is 9.18 Å². The third-order valence-corrected chi connectivity index (χ3v) is 2.13. The van der Waals surface area contributed by atoms with Crippen LogP contribution in [-0.2, 0) is 0 Å². The van der Waals surface area contributed by atoms with E-state index in [1.807, 2.05) is 0 Å². The van der Waals surface area contributed by atoms with Crippen molar-refractivity contribution in [1.82, 2.24) is 0 Å². The average Bonchev–Trinajstić information content (AvgIpc) is 2.18. The lowest BCUT2D eigenvalue weighted by atomic mass is 10.0. The minimum absolute atomic E-state index is 0.00924. The van der Waals surface area contributed by atoms with E-state index in [2.05, 4.69) is 15.9 Å². The van der Waals surface area contributed by atoms with E-state index < -0.39 is 17.5 Å². The highest BCUT2D eigenvalue weighted by Gasteiger charge is 2.19. The van der Waals surface area contributed by atoms with Gasteiger partial charge in [-0.25, -0.2) is 4.39 Å². The van der Waals surface area contributed by atoms with Gasteiger partial charge in [0.05, 0.1) is 12.1 Å². The number of nitriles is 2. The number of carbonyl (C=O) groups excluding carboxylic acids is 1. The van der Waals surface area contributed by atoms with E-state index in [-0.39, 0.29) is 5.56 Å². The molecule has 0 spiro atoms. The van der Waals surface area contributed by atoms with Crippen molar-refractivity contribution in [2.45, 2.75) is 0 Å². The Kier molecular flexibility index (Phi) is 3.54. The molecule has 1 rings (SSSR count). The lowest BCUT2D eigenvalue weighted by molar-refractivity contribution is 0.0970. The molecule has 0 N–H and O–H groups in total. The number of nitrogens with zero attached hydrogens (tertiary/aromatic N) is 2. The van der Waals surface area contributed by atoms with Crippen molar-refractivity contribution >= 4 is 21.7 Å². The minimum Gasteiger partial charge on any atom is -0.291 e. The van der Waals surface area contributed by atoms with Gasteiger partial charge in [0.15, 0.2) is 11.7 Å². The molecule has 0 unspecified atom stereocenters. The zero-order chi connectivity index (χ0) is 11.4. The monoisotopic (exact) mass is 266 g/mol. The predicted molar refractivity (Wildman–Crippen MR) is 53.1 cm³/mol. The van der Waals surface area contributed by atoms with Crippen LogP contribution in [0, 0.1) is 34.4 Å². The van der Waals surface area contributed by atoms with Crippen LogP contribution < -0.4 is 0 Å². The molecule has 1 aromatic carbocycles. The Morgan fingerprint density at radius 1 is 1.33 bits per heavy atom. The fourth-order valence-electron chi connectivity index (χ4n) is 1.01. The maximum atomic E-state index is 12.9. The summed E-state index contributed by atoms with van der Waals surface area (Å²) in [4.78, 5) is 11.5. The molecule has 0 amide bonds. The van der Waals surface area contributed by atoms with Gasteiger partial charge in [0.1, 0.15) is 5.82 Å². The zero-order valence-corrected chi connectivity index (χ0v) is 8.95. The first-order valence-corrected chi connectivity index (χ1v) is 4.67. The molecule has 0 saturated carbocycles. The smallest absolute Gasteiger partial charge is 0.195 e. The normalized spacial score (nSPS) is 9.40. The van der Waals surface area contributed by atoms with E-state index >= 15 is 0 Å². The summed E-state index contributed by atoms with van der Waals surface area (Å²) in [6.07, 6.45) is 0. The second-order valence-corrected chi connectivity index (χ2v) is 3.63. The number of ketones is 1. The van der Waals surface area contributed by atoms with Crippen LogP contribution in [0.1, 0.15) is 10.4 Å². The van der Waals surface area contributed by atoms with Gasteiger partial charge < -0.3 is 0 Å². The molecule has 0 aliphatic heterocycles. The minimum atomic E-state index is -1.39. The van der Waals surface area contributed by atoms with Crippen molar-refractivity contribution in [3.63, 3.8) is 0 Å². The fourth-order valence-corrected chi connectivity index (χ4v) is 1.47. The van der Waals surface area contributed by atoms with E-state index in [0.717, 1.165) is 6.07 Å². The molecule has 5 heteroatoms. The lowest BCUT2D eigenvalue weighted by Gasteiger charge is -2.01. The van der Waals surface area contributed by atoms with Crippen LogP contribution in [0.3, 0.4) is 0 Å². The van der Waals surface area contributed by atoms with Crippen molar-refractivity contribution in [3.8, 4) is 12.1 Å². The lowest BCUT2D eigenvalue weighted by Crippen LogP contribution is -2.11. The van der Waals surface area contributed by atoms with Crippen LogP contribution in [0.2, 0.25) is 0 Å². The topological polar surface area (TPSA) is 64.7 Å². The van der Waals surface area contributed by atoms with Crippen LogP contribution >= 0.6 is 15.9 Å². The first-order valence-electron chi connectivity index (χ1n) is 3.88. The van der Waals surface area contributed by atoms with Crippen LogP contribution in [0.25, 0.3) is 0 Å². The Morgan fingerprint density at radius 3 is 2.40 bits per heavy atom. The van der Waals surface area contributed by atoms with Crippen molar-refractivity contribution in [1.29, 1.82) is 10.5 Å². The summed E-state index contributed by atoms with van der Waals surface area (Å²) in [5.41, 5.74) is 0.00924. The number of hydrogen-bond donors (Lipinski definition) is 0. The number of benzene rings is 1. The number of rotatable bonds is 2. The van der Waals surface area contributed by atoms with Crippen molar-refractivity contribution < 1.29 is 9.18 Å². The largest absolute Gasteiger partial charge is 0.291 e. The van der Waals surface area contributed by atoms with E-state index in [1.54, 1.807) is 12.1 Å². The first-order chi connectivity index (χ1) is 7.08. The number of hydrogen-bond acceptors (Lipinski definition) is 3. The van der Waals surface area contributed by atoms with Gasteiger partial charge in [0.2, 0.25) is 0 Å². The fraction of sp³-hybridized carbons (Fsp3) is 0.100. The molecule has 0 atom stereocenters. The molecule has 0 aliphatic rings. The third-order valence-electron chi connectivity index (χ3n) is 1.67. The highest BCUT2D eigenvalue weighted by Crippen LogP contribution is 2.17. The van der Waals surface area contributed by atoms with E-state index in [0.29, 0.717) is 4.47 Å². The molecule has 1 aromatic rings. The average molecular weight is 267 g/mol. The summed E-state index contributed by atoms with van der Waals surface area (Å²) in [7, 11) is 0.